The predicted octanol–water partition coefficient (Wildman–Crippen LogP) is 16.4. The fourth-order valence-corrected chi connectivity index (χ4v) is 9.93. The van der Waals surface area contributed by atoms with Gasteiger partial charge in [0.2, 0.25) is 0 Å². The molecule has 0 bridgehead atoms. The maximum atomic E-state index is 11.7. The molecule has 338 valence electrons. The van der Waals surface area contributed by atoms with Crippen molar-refractivity contribution in [3.05, 3.63) is 101 Å². The first-order valence-corrected chi connectivity index (χ1v) is 24.9. The molecule has 1 unspecified atom stereocenters. The maximum Gasteiger partial charge on any atom is 0.121 e. The predicted molar refractivity (Wildman–Crippen MR) is 268 cm³/mol. The molecule has 0 saturated carbocycles. The van der Waals surface area contributed by atoms with Crippen molar-refractivity contribution in [3.63, 3.8) is 0 Å². The highest BCUT2D eigenvalue weighted by molar-refractivity contribution is 5.95. The number of allylic oxidation sites excluding steroid dienone is 6. The molecule has 5 nitrogen and oxygen atoms in total. The summed E-state index contributed by atoms with van der Waals surface area (Å²) in [7, 11) is 1.78. The highest BCUT2D eigenvalue weighted by Gasteiger charge is 2.41. The number of nitriles is 1. The van der Waals surface area contributed by atoms with Gasteiger partial charge in [-0.3, -0.25) is 0 Å². The second kappa shape index (κ2) is 27.7. The van der Waals surface area contributed by atoms with Crippen LogP contribution in [0.3, 0.4) is 0 Å². The number of hydrogen-bond acceptors (Lipinski definition) is 5. The molecule has 0 spiro atoms. The summed E-state index contributed by atoms with van der Waals surface area (Å²) < 4.78 is 5.91. The van der Waals surface area contributed by atoms with Crippen LogP contribution < -0.4 is 15.0 Å². The van der Waals surface area contributed by atoms with E-state index in [1.165, 1.54) is 143 Å². The molecule has 0 saturated heterocycles. The molecular formula is C57H83N3O2. The van der Waals surface area contributed by atoms with Crippen molar-refractivity contribution >= 4 is 28.4 Å². The number of rotatable bonds is 32. The lowest BCUT2D eigenvalue weighted by atomic mass is 9.69. The van der Waals surface area contributed by atoms with Crippen LogP contribution in [-0.4, -0.2) is 26.5 Å². The molecule has 0 aromatic heterocycles. The quantitative estimate of drug-likeness (QED) is 0.0294. The van der Waals surface area contributed by atoms with Crippen LogP contribution in [0, 0.1) is 11.3 Å². The van der Waals surface area contributed by atoms with Crippen molar-refractivity contribution in [2.24, 2.45) is 0 Å². The highest BCUT2D eigenvalue weighted by atomic mass is 16.5. The van der Waals surface area contributed by atoms with E-state index in [9.17, 15) is 10.1 Å². The van der Waals surface area contributed by atoms with Crippen LogP contribution in [0.5, 0.6) is 5.75 Å². The minimum absolute atomic E-state index is 0.0930. The van der Waals surface area contributed by atoms with Gasteiger partial charge in [-0.05, 0) is 90.1 Å². The van der Waals surface area contributed by atoms with Crippen molar-refractivity contribution < 1.29 is 9.53 Å². The Bertz CT molecular complexity index is 1910. The van der Waals surface area contributed by atoms with Gasteiger partial charge in [-0.15, -0.1) is 0 Å². The molecule has 5 heteroatoms. The lowest BCUT2D eigenvalue weighted by Crippen LogP contribution is -2.28. The van der Waals surface area contributed by atoms with Crippen LogP contribution in [0.1, 0.15) is 193 Å². The second-order valence-electron chi connectivity index (χ2n) is 18.6. The van der Waals surface area contributed by atoms with E-state index in [-0.39, 0.29) is 10.8 Å². The van der Waals surface area contributed by atoms with E-state index < -0.39 is 0 Å². The smallest absolute Gasteiger partial charge is 0.121 e. The number of unbranched alkanes of at least 4 members (excludes halogenated alkanes) is 16. The summed E-state index contributed by atoms with van der Waals surface area (Å²) in [6, 6.07) is 22.1. The molecule has 0 aliphatic carbocycles. The Morgan fingerprint density at radius 3 is 1.98 bits per heavy atom. The normalized spacial score (nSPS) is 15.3. The van der Waals surface area contributed by atoms with E-state index in [1.54, 1.807) is 7.11 Å². The van der Waals surface area contributed by atoms with Crippen molar-refractivity contribution in [2.75, 3.05) is 30.4 Å². The third kappa shape index (κ3) is 14.6. The maximum absolute atomic E-state index is 11.7. The zero-order chi connectivity index (χ0) is 44.5. The number of nitrogens with one attached hydrogen (secondary N) is 1. The van der Waals surface area contributed by atoms with Crippen molar-refractivity contribution in [1.82, 2.24) is 0 Å². The number of aldehydes is 1. The van der Waals surface area contributed by atoms with Gasteiger partial charge in [0.05, 0.1) is 18.8 Å². The molecule has 0 radical (unpaired) electrons. The first-order valence-electron chi connectivity index (χ1n) is 24.9. The largest absolute Gasteiger partial charge is 0.497 e. The molecule has 3 aromatic carbocycles. The van der Waals surface area contributed by atoms with E-state index in [0.717, 1.165) is 55.6 Å². The van der Waals surface area contributed by atoms with E-state index >= 15 is 0 Å². The molecule has 62 heavy (non-hydrogen) atoms. The summed E-state index contributed by atoms with van der Waals surface area (Å²) in [5.74, 6) is 0.908. The van der Waals surface area contributed by atoms with Gasteiger partial charge in [0.15, 0.2) is 0 Å². The van der Waals surface area contributed by atoms with Gasteiger partial charge < -0.3 is 19.7 Å². The number of methoxy groups -OCH3 is 1. The van der Waals surface area contributed by atoms with Crippen molar-refractivity contribution in [3.8, 4) is 11.8 Å². The Balaban J connectivity index is 1.67. The third-order valence-corrected chi connectivity index (χ3v) is 13.5. The molecule has 0 fully saturated rings. The number of carbonyl (C=O) groups excluding carboxylic acids is 1. The number of anilines is 2. The van der Waals surface area contributed by atoms with Crippen molar-refractivity contribution in [2.45, 2.75) is 193 Å². The zero-order valence-corrected chi connectivity index (χ0v) is 40.0. The van der Waals surface area contributed by atoms with Crippen molar-refractivity contribution in [1.29, 1.82) is 5.26 Å². The number of nitrogens with zero attached hydrogens (tertiary/aromatic N) is 2. The molecule has 1 atom stereocenters. The summed E-state index contributed by atoms with van der Waals surface area (Å²) in [6.45, 7) is 12.9. The Labute approximate surface area is 378 Å². The fraction of sp³-hybridized carbons (Fsp3) is 0.579. The van der Waals surface area contributed by atoms with E-state index in [2.05, 4.69) is 124 Å². The summed E-state index contributed by atoms with van der Waals surface area (Å²) in [4.78, 5) is 14.0. The van der Waals surface area contributed by atoms with Gasteiger partial charge in [0, 0.05) is 47.4 Å². The lowest BCUT2D eigenvalue weighted by molar-refractivity contribution is -0.107. The van der Waals surface area contributed by atoms with Crippen LogP contribution >= 0.6 is 0 Å². The summed E-state index contributed by atoms with van der Waals surface area (Å²) >= 11 is 0. The Morgan fingerprint density at radius 2 is 1.40 bits per heavy atom. The first-order chi connectivity index (χ1) is 30.3. The highest BCUT2D eigenvalue weighted by Crippen LogP contribution is 2.51. The molecule has 1 aliphatic rings. The minimum atomic E-state index is -0.311. The number of ether oxygens (including phenoxy) is 1. The van der Waals surface area contributed by atoms with E-state index in [4.69, 9.17) is 4.74 Å². The molecule has 0 amide bonds. The van der Waals surface area contributed by atoms with E-state index in [0.29, 0.717) is 18.5 Å². The molecular weight excluding hydrogens is 759 g/mol. The molecule has 1 heterocycles. The summed E-state index contributed by atoms with van der Waals surface area (Å²) in [5, 5.41) is 16.9. The van der Waals surface area contributed by atoms with Crippen LogP contribution in [0.4, 0.5) is 11.4 Å². The van der Waals surface area contributed by atoms with Crippen LogP contribution in [-0.2, 0) is 15.6 Å². The average molecular weight is 842 g/mol. The van der Waals surface area contributed by atoms with Crippen LogP contribution in [0.15, 0.2) is 90.2 Å². The molecule has 4 rings (SSSR count). The fourth-order valence-electron chi connectivity index (χ4n) is 9.93. The van der Waals surface area contributed by atoms with Crippen LogP contribution in [0.2, 0.25) is 0 Å². The Hall–Kier alpha value is -4.30. The summed E-state index contributed by atoms with van der Waals surface area (Å²) in [6.07, 6.45) is 37.7. The third-order valence-electron chi connectivity index (χ3n) is 13.5. The SMILES string of the molecule is CCCCCCCCCCCCC(C/C=C/C(C#N)=C/C=C1/N(CCC=O)c2ccc3ccccc3c2C1(C)C)(CCCCCCCCCC)c1cc(OC)ccc1NCCC. The minimum Gasteiger partial charge on any atom is -0.497 e. The molecule has 1 aliphatic heterocycles. The monoisotopic (exact) mass is 842 g/mol. The Morgan fingerprint density at radius 1 is 0.790 bits per heavy atom. The van der Waals surface area contributed by atoms with Gasteiger partial charge >= 0.3 is 0 Å². The Kier molecular flexibility index (Phi) is 22.5. The van der Waals surface area contributed by atoms with Gasteiger partial charge in [-0.1, -0.05) is 187 Å². The van der Waals surface area contributed by atoms with Gasteiger partial charge in [0.1, 0.15) is 12.0 Å². The standard InChI is InChI=1S/C57H83N3O2/c1-7-10-12-14-16-18-19-21-23-27-40-57(39-26-22-20-17-15-13-11-8-2,51-45-49(62-6)35-36-52(51)59-42-9-3)41-28-30-47(46-58)33-38-54-56(4,5)55-50-32-25-24-31-48(50)34-37-53(55)60(54)43-29-44-61/h24-25,28,30-38,44-45,59H,7-23,26-27,29,39-43H2,1-6H3/b30-28+,47-33-,54-38+. The topological polar surface area (TPSA) is 65.4 Å². The number of hydrogen-bond donors (Lipinski definition) is 1. The molecule has 1 N–H and O–H groups in total. The number of fused-ring (bicyclic) bond motifs is 3. The second-order valence-corrected chi connectivity index (χ2v) is 18.6. The number of carbonyl (C=O) groups is 1. The van der Waals surface area contributed by atoms with Gasteiger partial charge in [-0.2, -0.15) is 5.26 Å². The first kappa shape index (κ1) is 50.3. The van der Waals surface area contributed by atoms with Gasteiger partial charge in [0.25, 0.3) is 0 Å². The number of benzene rings is 3. The van der Waals surface area contributed by atoms with Gasteiger partial charge in [-0.25, -0.2) is 0 Å². The average Bonchev–Trinajstić information content (AvgIpc) is 3.51. The van der Waals surface area contributed by atoms with Crippen LogP contribution in [0.25, 0.3) is 10.8 Å². The molecule has 3 aromatic rings. The zero-order valence-electron chi connectivity index (χ0n) is 40.0. The lowest BCUT2D eigenvalue weighted by Gasteiger charge is -2.36. The summed E-state index contributed by atoms with van der Waals surface area (Å²) in [5.41, 5.74) is 6.35. The van der Waals surface area contributed by atoms with E-state index in [1.807, 2.05) is 6.08 Å².